The SMILES string of the molecule is CCOCC(O)CN(C)C1CCCN(C)C1. The van der Waals surface area contributed by atoms with E-state index in [-0.39, 0.29) is 6.10 Å². The molecule has 0 bridgehead atoms. The zero-order chi connectivity index (χ0) is 12.0. The summed E-state index contributed by atoms with van der Waals surface area (Å²) in [5, 5.41) is 9.77. The highest BCUT2D eigenvalue weighted by Gasteiger charge is 2.22. The van der Waals surface area contributed by atoms with Crippen molar-refractivity contribution in [2.75, 3.05) is 46.9 Å². The largest absolute Gasteiger partial charge is 0.389 e. The quantitative estimate of drug-likeness (QED) is 0.717. The molecule has 0 saturated carbocycles. The summed E-state index contributed by atoms with van der Waals surface area (Å²) in [7, 11) is 4.26. The number of aliphatic hydroxyl groups is 1. The fourth-order valence-corrected chi connectivity index (χ4v) is 2.29. The molecule has 96 valence electrons. The van der Waals surface area contributed by atoms with Crippen molar-refractivity contribution in [1.29, 1.82) is 0 Å². The third-order valence-corrected chi connectivity index (χ3v) is 3.24. The second-order valence-electron chi connectivity index (χ2n) is 4.81. The van der Waals surface area contributed by atoms with Gasteiger partial charge in [0.05, 0.1) is 12.7 Å². The van der Waals surface area contributed by atoms with Crippen LogP contribution in [0.15, 0.2) is 0 Å². The molecule has 0 radical (unpaired) electrons. The highest BCUT2D eigenvalue weighted by atomic mass is 16.5. The van der Waals surface area contributed by atoms with Gasteiger partial charge in [-0.05, 0) is 40.4 Å². The van der Waals surface area contributed by atoms with E-state index in [4.69, 9.17) is 4.74 Å². The molecule has 1 heterocycles. The lowest BCUT2D eigenvalue weighted by Crippen LogP contribution is -2.47. The third-order valence-electron chi connectivity index (χ3n) is 3.24. The predicted molar refractivity (Wildman–Crippen MR) is 65.6 cm³/mol. The summed E-state index contributed by atoms with van der Waals surface area (Å²) in [6.45, 7) is 6.09. The first kappa shape index (κ1) is 13.9. The first-order chi connectivity index (χ1) is 7.63. The van der Waals surface area contributed by atoms with Crippen LogP contribution >= 0.6 is 0 Å². The fraction of sp³-hybridized carbons (Fsp3) is 1.00. The fourth-order valence-electron chi connectivity index (χ4n) is 2.29. The van der Waals surface area contributed by atoms with Crippen LogP contribution in [-0.2, 0) is 4.74 Å². The summed E-state index contributed by atoms with van der Waals surface area (Å²) in [6, 6.07) is 0.579. The zero-order valence-electron chi connectivity index (χ0n) is 10.9. The zero-order valence-corrected chi connectivity index (χ0v) is 10.9. The van der Waals surface area contributed by atoms with E-state index < -0.39 is 0 Å². The number of hydrogen-bond acceptors (Lipinski definition) is 4. The molecule has 1 aliphatic rings. The Morgan fingerprint density at radius 3 is 2.94 bits per heavy atom. The Hall–Kier alpha value is -0.160. The molecule has 2 atom stereocenters. The van der Waals surface area contributed by atoms with E-state index in [1.165, 1.54) is 19.4 Å². The Kier molecular flexibility index (Phi) is 6.28. The summed E-state index contributed by atoms with van der Waals surface area (Å²) in [4.78, 5) is 4.62. The molecule has 1 aliphatic heterocycles. The molecule has 0 amide bonds. The van der Waals surface area contributed by atoms with E-state index in [0.717, 1.165) is 6.54 Å². The second-order valence-corrected chi connectivity index (χ2v) is 4.81. The van der Waals surface area contributed by atoms with Gasteiger partial charge in [-0.25, -0.2) is 0 Å². The summed E-state index contributed by atoms with van der Waals surface area (Å²) in [5.74, 6) is 0. The number of rotatable bonds is 6. The predicted octanol–water partition coefficient (Wildman–Crippen LogP) is 0.410. The molecule has 0 spiro atoms. The van der Waals surface area contributed by atoms with Gasteiger partial charge in [-0.15, -0.1) is 0 Å². The summed E-state index contributed by atoms with van der Waals surface area (Å²) >= 11 is 0. The molecule has 1 N–H and O–H groups in total. The molecule has 4 heteroatoms. The average molecular weight is 230 g/mol. The minimum absolute atomic E-state index is 0.364. The van der Waals surface area contributed by atoms with E-state index in [1.807, 2.05) is 6.92 Å². The maximum Gasteiger partial charge on any atom is 0.0900 e. The molecule has 1 fully saturated rings. The lowest BCUT2D eigenvalue weighted by molar-refractivity contribution is 0.0113. The lowest BCUT2D eigenvalue weighted by Gasteiger charge is -2.36. The first-order valence-electron chi connectivity index (χ1n) is 6.28. The Morgan fingerprint density at radius 2 is 2.31 bits per heavy atom. The van der Waals surface area contributed by atoms with Crippen molar-refractivity contribution in [1.82, 2.24) is 9.80 Å². The minimum atomic E-state index is -0.364. The summed E-state index contributed by atoms with van der Waals surface area (Å²) in [6.07, 6.45) is 2.13. The van der Waals surface area contributed by atoms with E-state index in [0.29, 0.717) is 25.8 Å². The molecule has 0 aromatic heterocycles. The Balaban J connectivity index is 2.24. The van der Waals surface area contributed by atoms with Crippen molar-refractivity contribution < 1.29 is 9.84 Å². The minimum Gasteiger partial charge on any atom is -0.389 e. The average Bonchev–Trinajstić information content (AvgIpc) is 2.26. The lowest BCUT2D eigenvalue weighted by atomic mass is 10.0. The van der Waals surface area contributed by atoms with Gasteiger partial charge < -0.3 is 14.7 Å². The Bertz CT molecular complexity index is 190. The topological polar surface area (TPSA) is 35.9 Å². The van der Waals surface area contributed by atoms with Crippen LogP contribution < -0.4 is 0 Å². The molecule has 16 heavy (non-hydrogen) atoms. The van der Waals surface area contributed by atoms with E-state index >= 15 is 0 Å². The van der Waals surface area contributed by atoms with Crippen molar-refractivity contribution in [2.24, 2.45) is 0 Å². The van der Waals surface area contributed by atoms with Crippen LogP contribution in [0.25, 0.3) is 0 Å². The van der Waals surface area contributed by atoms with Gasteiger partial charge >= 0.3 is 0 Å². The van der Waals surface area contributed by atoms with Gasteiger partial charge in [0.2, 0.25) is 0 Å². The summed E-state index contributed by atoms with van der Waals surface area (Å²) < 4.78 is 5.22. The van der Waals surface area contributed by atoms with Crippen LogP contribution in [0.3, 0.4) is 0 Å². The van der Waals surface area contributed by atoms with Crippen molar-refractivity contribution in [3.8, 4) is 0 Å². The van der Waals surface area contributed by atoms with Crippen molar-refractivity contribution >= 4 is 0 Å². The molecule has 0 aliphatic carbocycles. The van der Waals surface area contributed by atoms with E-state index in [9.17, 15) is 5.11 Å². The number of piperidine rings is 1. The molecular weight excluding hydrogens is 204 g/mol. The third kappa shape index (κ3) is 4.78. The molecular formula is C12H26N2O2. The van der Waals surface area contributed by atoms with Gasteiger partial charge in [-0.1, -0.05) is 0 Å². The molecule has 2 unspecified atom stereocenters. The molecule has 0 aromatic rings. The molecule has 0 aromatic carbocycles. The van der Waals surface area contributed by atoms with Gasteiger partial charge in [0.1, 0.15) is 0 Å². The van der Waals surface area contributed by atoms with Gasteiger partial charge in [0, 0.05) is 25.7 Å². The number of ether oxygens (including phenoxy) is 1. The van der Waals surface area contributed by atoms with Crippen molar-refractivity contribution in [2.45, 2.75) is 31.9 Å². The van der Waals surface area contributed by atoms with Gasteiger partial charge in [0.25, 0.3) is 0 Å². The number of hydrogen-bond donors (Lipinski definition) is 1. The Labute approximate surface area is 99.2 Å². The number of nitrogens with zero attached hydrogens (tertiary/aromatic N) is 2. The monoisotopic (exact) mass is 230 g/mol. The molecule has 4 nitrogen and oxygen atoms in total. The van der Waals surface area contributed by atoms with Crippen LogP contribution in [0.2, 0.25) is 0 Å². The van der Waals surface area contributed by atoms with E-state index in [2.05, 4.69) is 23.9 Å². The van der Waals surface area contributed by atoms with Gasteiger partial charge in [-0.3, -0.25) is 4.90 Å². The molecule has 1 rings (SSSR count). The van der Waals surface area contributed by atoms with Crippen LogP contribution in [0, 0.1) is 0 Å². The maximum atomic E-state index is 9.77. The van der Waals surface area contributed by atoms with Crippen molar-refractivity contribution in [3.05, 3.63) is 0 Å². The maximum absolute atomic E-state index is 9.77. The standard InChI is InChI=1S/C12H26N2O2/c1-4-16-10-12(15)9-14(3)11-6-5-7-13(2)8-11/h11-12,15H,4-10H2,1-3H3. The van der Waals surface area contributed by atoms with E-state index in [1.54, 1.807) is 0 Å². The number of aliphatic hydroxyl groups excluding tert-OH is 1. The van der Waals surface area contributed by atoms with Crippen LogP contribution in [0.5, 0.6) is 0 Å². The van der Waals surface area contributed by atoms with Crippen LogP contribution in [-0.4, -0.2) is 74.0 Å². The summed E-state index contributed by atoms with van der Waals surface area (Å²) in [5.41, 5.74) is 0. The van der Waals surface area contributed by atoms with Gasteiger partial charge in [0.15, 0.2) is 0 Å². The second kappa shape index (κ2) is 7.22. The van der Waals surface area contributed by atoms with Crippen LogP contribution in [0.4, 0.5) is 0 Å². The normalized spacial score (nSPS) is 24.9. The Morgan fingerprint density at radius 1 is 1.56 bits per heavy atom. The first-order valence-corrected chi connectivity index (χ1v) is 6.28. The van der Waals surface area contributed by atoms with Crippen molar-refractivity contribution in [3.63, 3.8) is 0 Å². The van der Waals surface area contributed by atoms with Gasteiger partial charge in [-0.2, -0.15) is 0 Å². The molecule has 1 saturated heterocycles. The number of likely N-dealkylation sites (N-methyl/N-ethyl adjacent to an activating group) is 2. The number of likely N-dealkylation sites (tertiary alicyclic amines) is 1. The smallest absolute Gasteiger partial charge is 0.0900 e. The van der Waals surface area contributed by atoms with Crippen LogP contribution in [0.1, 0.15) is 19.8 Å². The highest BCUT2D eigenvalue weighted by molar-refractivity contribution is 4.78. The highest BCUT2D eigenvalue weighted by Crippen LogP contribution is 2.13.